The number of rotatable bonds is 4. The van der Waals surface area contributed by atoms with Crippen molar-refractivity contribution >= 4 is 5.91 Å². The first-order valence-electron chi connectivity index (χ1n) is 12.6. The van der Waals surface area contributed by atoms with E-state index in [-0.39, 0.29) is 34.9 Å². The second-order valence-electron chi connectivity index (χ2n) is 10.9. The highest BCUT2D eigenvalue weighted by atomic mass is 16.5. The van der Waals surface area contributed by atoms with E-state index in [2.05, 4.69) is 15.2 Å². The fourth-order valence-corrected chi connectivity index (χ4v) is 7.56. The van der Waals surface area contributed by atoms with Gasteiger partial charge in [-0.1, -0.05) is 6.07 Å². The van der Waals surface area contributed by atoms with Gasteiger partial charge in [-0.15, -0.1) is 0 Å². The predicted molar refractivity (Wildman–Crippen MR) is 125 cm³/mol. The normalized spacial score (nSPS) is 34.5. The first-order chi connectivity index (χ1) is 17.0. The quantitative estimate of drug-likeness (QED) is 0.623. The number of hydrogen-bond donors (Lipinski definition) is 3. The van der Waals surface area contributed by atoms with E-state index in [1.807, 2.05) is 12.1 Å². The van der Waals surface area contributed by atoms with Crippen molar-refractivity contribution in [3.63, 3.8) is 0 Å². The molecule has 5 atom stereocenters. The summed E-state index contributed by atoms with van der Waals surface area (Å²) in [7, 11) is 0. The van der Waals surface area contributed by atoms with Gasteiger partial charge in [0.1, 0.15) is 12.2 Å². The van der Waals surface area contributed by atoms with Crippen molar-refractivity contribution in [2.24, 2.45) is 5.92 Å². The van der Waals surface area contributed by atoms with Crippen LogP contribution in [0.1, 0.15) is 59.2 Å². The Balaban J connectivity index is 1.30. The molecule has 3 N–H and O–H groups in total. The number of aromatic hydroxyl groups is 1. The maximum atomic E-state index is 13.2. The molecule has 3 heterocycles. The Morgan fingerprint density at radius 1 is 1.29 bits per heavy atom. The van der Waals surface area contributed by atoms with Crippen LogP contribution in [0.15, 0.2) is 30.6 Å². The lowest BCUT2D eigenvalue weighted by atomic mass is 9.48. The number of carbonyl (C=O) groups excluding carboxylic acids is 1. The Morgan fingerprint density at radius 2 is 2.14 bits per heavy atom. The summed E-state index contributed by atoms with van der Waals surface area (Å²) in [5, 5.41) is 35.8. The number of nitrogens with zero attached hydrogens (tertiary/aromatic N) is 3. The van der Waals surface area contributed by atoms with E-state index >= 15 is 0 Å². The number of hydrogen-bond acceptors (Lipinski definition) is 7. The molecular formula is C27H28N4O4. The van der Waals surface area contributed by atoms with Gasteiger partial charge in [0.05, 0.1) is 28.2 Å². The molecule has 35 heavy (non-hydrogen) atoms. The van der Waals surface area contributed by atoms with Gasteiger partial charge >= 0.3 is 0 Å². The zero-order chi connectivity index (χ0) is 23.9. The molecule has 2 bridgehead atoms. The molecule has 5 aliphatic rings. The van der Waals surface area contributed by atoms with Crippen LogP contribution in [0, 0.1) is 17.2 Å². The Kier molecular flexibility index (Phi) is 4.34. The van der Waals surface area contributed by atoms with E-state index in [9.17, 15) is 20.3 Å². The number of aliphatic hydroxyl groups is 1. The molecule has 0 radical (unpaired) electrons. The highest BCUT2D eigenvalue weighted by Crippen LogP contribution is 2.65. The fraction of sp³-hybridized carbons (Fsp3) is 0.519. The van der Waals surface area contributed by atoms with Crippen LogP contribution in [-0.2, 0) is 11.8 Å². The third-order valence-electron chi connectivity index (χ3n) is 9.27. The molecule has 2 aliphatic heterocycles. The average Bonchev–Trinajstić information content (AvgIpc) is 3.60. The molecule has 3 aliphatic carbocycles. The molecule has 1 aromatic heterocycles. The zero-order valence-electron chi connectivity index (χ0n) is 19.4. The number of pyridine rings is 1. The minimum atomic E-state index is -0.993. The van der Waals surface area contributed by atoms with Crippen LogP contribution in [0.2, 0.25) is 0 Å². The van der Waals surface area contributed by atoms with Crippen LogP contribution >= 0.6 is 0 Å². The van der Waals surface area contributed by atoms with E-state index in [4.69, 9.17) is 4.74 Å². The number of phenolic OH excluding ortho intramolecular Hbond substituents is 1. The fourth-order valence-electron chi connectivity index (χ4n) is 7.56. The third-order valence-corrected chi connectivity index (χ3v) is 9.27. The first-order valence-corrected chi connectivity index (χ1v) is 12.6. The highest BCUT2D eigenvalue weighted by molar-refractivity contribution is 5.96. The summed E-state index contributed by atoms with van der Waals surface area (Å²) in [6, 6.07) is 6.88. The monoisotopic (exact) mass is 472 g/mol. The lowest BCUT2D eigenvalue weighted by molar-refractivity contribution is -0.191. The first kappa shape index (κ1) is 21.2. The van der Waals surface area contributed by atoms with Crippen molar-refractivity contribution < 1.29 is 19.7 Å². The maximum Gasteiger partial charge on any atom is 0.253 e. The van der Waals surface area contributed by atoms with Crippen LogP contribution in [0.3, 0.4) is 0 Å². The van der Waals surface area contributed by atoms with E-state index < -0.39 is 17.1 Å². The molecule has 1 amide bonds. The van der Waals surface area contributed by atoms with E-state index in [1.54, 1.807) is 12.1 Å². The number of nitrogens with one attached hydrogen (secondary N) is 1. The number of ether oxygens (including phenoxy) is 1. The lowest BCUT2D eigenvalue weighted by Crippen LogP contribution is -2.78. The van der Waals surface area contributed by atoms with Gasteiger partial charge in [-0.05, 0) is 68.7 Å². The van der Waals surface area contributed by atoms with Gasteiger partial charge in [-0.3, -0.25) is 14.7 Å². The van der Waals surface area contributed by atoms with Crippen molar-refractivity contribution in [2.45, 2.75) is 67.7 Å². The average molecular weight is 473 g/mol. The molecule has 1 saturated heterocycles. The Morgan fingerprint density at radius 3 is 2.94 bits per heavy atom. The molecule has 1 spiro atoms. The van der Waals surface area contributed by atoms with Crippen LogP contribution in [-0.4, -0.2) is 62.9 Å². The zero-order valence-corrected chi connectivity index (χ0v) is 19.4. The molecule has 3 fully saturated rings. The number of carbonyl (C=O) groups is 1. The predicted octanol–water partition coefficient (Wildman–Crippen LogP) is 2.02. The van der Waals surface area contributed by atoms with Crippen molar-refractivity contribution in [2.75, 3.05) is 13.1 Å². The molecule has 5 unspecified atom stereocenters. The summed E-state index contributed by atoms with van der Waals surface area (Å²) in [5.41, 5.74) is 0.882. The van der Waals surface area contributed by atoms with Gasteiger partial charge in [-0.25, -0.2) is 0 Å². The molecular weight excluding hydrogens is 444 g/mol. The van der Waals surface area contributed by atoms with Crippen molar-refractivity contribution in [1.29, 1.82) is 5.26 Å². The number of amides is 1. The van der Waals surface area contributed by atoms with Gasteiger partial charge in [0, 0.05) is 30.5 Å². The number of nitriles is 1. The number of phenols is 1. The molecule has 2 saturated carbocycles. The second-order valence-corrected chi connectivity index (χ2v) is 10.9. The Bertz CT molecular complexity index is 1290. The number of aromatic nitrogens is 1. The van der Waals surface area contributed by atoms with Crippen LogP contribution in [0.25, 0.3) is 0 Å². The molecule has 1 aromatic carbocycles. The van der Waals surface area contributed by atoms with E-state index in [1.165, 1.54) is 25.2 Å². The number of benzene rings is 1. The van der Waals surface area contributed by atoms with Crippen molar-refractivity contribution in [1.82, 2.24) is 15.2 Å². The minimum Gasteiger partial charge on any atom is -0.504 e. The maximum absolute atomic E-state index is 13.2. The molecule has 180 valence electrons. The van der Waals surface area contributed by atoms with Gasteiger partial charge in [0.15, 0.2) is 11.5 Å². The summed E-state index contributed by atoms with van der Waals surface area (Å²) in [5.74, 6) is 0.922. The van der Waals surface area contributed by atoms with E-state index in [0.717, 1.165) is 36.6 Å². The highest BCUT2D eigenvalue weighted by Gasteiger charge is 2.73. The SMILES string of the molecule is N#Cc1cnccc1C(=O)NC1CCC2(O)C3Cc4ccc(O)c5c4C2(CCN3CC2CC2)C1O5. The molecule has 2 aromatic rings. The Labute approximate surface area is 203 Å². The second kappa shape index (κ2) is 7.19. The lowest BCUT2D eigenvalue weighted by Gasteiger charge is -2.64. The third kappa shape index (κ3) is 2.74. The van der Waals surface area contributed by atoms with Crippen molar-refractivity contribution in [3.05, 3.63) is 52.8 Å². The summed E-state index contributed by atoms with van der Waals surface area (Å²) < 4.78 is 6.49. The van der Waals surface area contributed by atoms with Gasteiger partial charge in [0.25, 0.3) is 5.91 Å². The van der Waals surface area contributed by atoms with Gasteiger partial charge < -0.3 is 20.3 Å². The summed E-state index contributed by atoms with van der Waals surface area (Å²) in [6.45, 7) is 1.88. The summed E-state index contributed by atoms with van der Waals surface area (Å²) in [4.78, 5) is 19.7. The smallest absolute Gasteiger partial charge is 0.253 e. The molecule has 7 rings (SSSR count). The molecule has 8 nitrogen and oxygen atoms in total. The van der Waals surface area contributed by atoms with Crippen molar-refractivity contribution in [3.8, 4) is 17.6 Å². The van der Waals surface area contributed by atoms with Crippen LogP contribution in [0.4, 0.5) is 0 Å². The number of piperidine rings is 1. The van der Waals surface area contributed by atoms with Gasteiger partial charge in [-0.2, -0.15) is 5.26 Å². The van der Waals surface area contributed by atoms with Crippen LogP contribution < -0.4 is 10.1 Å². The standard InChI is InChI=1S/C27H28N4O4/c28-12-17-13-29-9-6-18(17)25(33)30-19-5-7-27(34)21-11-16-3-4-20(32)23-22(16)26(27,24(19)35-23)8-10-31(21)14-15-1-2-15/h3-4,6,9,13,15,19,21,24,32,34H,1-2,5,7-8,10-11,14H2,(H,30,33). The van der Waals surface area contributed by atoms with Gasteiger partial charge in [0.2, 0.25) is 0 Å². The summed E-state index contributed by atoms with van der Waals surface area (Å²) in [6.07, 6.45) is 7.48. The van der Waals surface area contributed by atoms with Crippen LogP contribution in [0.5, 0.6) is 11.5 Å². The molecule has 8 heteroatoms. The number of likely N-dealkylation sites (tertiary alicyclic amines) is 1. The van der Waals surface area contributed by atoms with E-state index in [0.29, 0.717) is 25.0 Å². The topological polar surface area (TPSA) is 119 Å². The Hall–Kier alpha value is -3.15. The summed E-state index contributed by atoms with van der Waals surface area (Å²) >= 11 is 0. The largest absolute Gasteiger partial charge is 0.504 e. The minimum absolute atomic E-state index is 0.00650.